The molecule has 5 rings (SSSR count). The van der Waals surface area contributed by atoms with Crippen molar-refractivity contribution in [3.8, 4) is 10.6 Å². The molecule has 1 aromatic carbocycles. The predicted octanol–water partition coefficient (Wildman–Crippen LogP) is 4.70. The molecule has 1 aliphatic rings. The lowest BCUT2D eigenvalue weighted by atomic mass is 10.1. The Labute approximate surface area is 179 Å². The van der Waals surface area contributed by atoms with Gasteiger partial charge in [0.05, 0.1) is 11.7 Å². The number of fused-ring (bicyclic) bond motifs is 1. The van der Waals surface area contributed by atoms with E-state index in [1.165, 1.54) is 16.9 Å². The zero-order valence-electron chi connectivity index (χ0n) is 17.1. The first-order chi connectivity index (χ1) is 14.7. The third-order valence-electron chi connectivity index (χ3n) is 5.75. The summed E-state index contributed by atoms with van der Waals surface area (Å²) >= 11 is 1.48. The van der Waals surface area contributed by atoms with Crippen molar-refractivity contribution in [1.29, 1.82) is 0 Å². The summed E-state index contributed by atoms with van der Waals surface area (Å²) in [4.78, 5) is 20.8. The number of hydrogen-bond donors (Lipinski definition) is 0. The molecule has 1 atom stereocenters. The number of carbonyl (C=O) groups is 1. The molecule has 4 aromatic rings. The Morgan fingerprint density at radius 2 is 2.00 bits per heavy atom. The summed E-state index contributed by atoms with van der Waals surface area (Å²) in [5.74, 6) is 0.866. The summed E-state index contributed by atoms with van der Waals surface area (Å²) in [7, 11) is 0. The average molecular weight is 418 g/mol. The van der Waals surface area contributed by atoms with Crippen LogP contribution in [0, 0.1) is 6.92 Å². The van der Waals surface area contributed by atoms with Crippen LogP contribution in [0.4, 0.5) is 0 Å². The number of likely N-dealkylation sites (tertiary alicyclic amines) is 1. The summed E-state index contributed by atoms with van der Waals surface area (Å²) in [5.41, 5.74) is 3.94. The fourth-order valence-electron chi connectivity index (χ4n) is 4.10. The van der Waals surface area contributed by atoms with E-state index in [1.807, 2.05) is 40.6 Å². The van der Waals surface area contributed by atoms with Gasteiger partial charge in [0, 0.05) is 18.3 Å². The summed E-state index contributed by atoms with van der Waals surface area (Å²) in [5, 5.41) is 9.56. The molecule has 1 amide bonds. The number of carbonyl (C=O) groups excluding carboxylic acids is 1. The molecule has 0 bridgehead atoms. The maximum absolute atomic E-state index is 13.5. The van der Waals surface area contributed by atoms with Gasteiger partial charge in [-0.1, -0.05) is 37.3 Å². The van der Waals surface area contributed by atoms with Crippen LogP contribution in [0.5, 0.6) is 0 Å². The molecule has 0 saturated carbocycles. The number of pyridine rings is 1. The lowest BCUT2D eigenvalue weighted by Crippen LogP contribution is -2.31. The molecule has 152 valence electrons. The van der Waals surface area contributed by atoms with E-state index in [4.69, 9.17) is 4.98 Å². The van der Waals surface area contributed by atoms with Crippen molar-refractivity contribution in [2.75, 3.05) is 6.54 Å². The number of rotatable bonds is 4. The molecule has 0 radical (unpaired) electrons. The van der Waals surface area contributed by atoms with Gasteiger partial charge in [0.15, 0.2) is 11.5 Å². The molecule has 1 unspecified atom stereocenters. The average Bonchev–Trinajstić information content (AvgIpc) is 3.51. The van der Waals surface area contributed by atoms with Crippen LogP contribution in [-0.2, 0) is 6.42 Å². The van der Waals surface area contributed by atoms with Gasteiger partial charge in [-0.3, -0.25) is 9.20 Å². The van der Waals surface area contributed by atoms with E-state index in [0.717, 1.165) is 53.5 Å². The zero-order chi connectivity index (χ0) is 20.7. The van der Waals surface area contributed by atoms with E-state index in [1.54, 1.807) is 0 Å². The normalized spacial score (nSPS) is 16.5. The predicted molar refractivity (Wildman–Crippen MR) is 118 cm³/mol. The highest BCUT2D eigenvalue weighted by molar-refractivity contribution is 7.17. The van der Waals surface area contributed by atoms with E-state index >= 15 is 0 Å². The largest absolute Gasteiger partial charge is 0.328 e. The van der Waals surface area contributed by atoms with Crippen molar-refractivity contribution < 1.29 is 4.79 Å². The molecule has 0 spiro atoms. The van der Waals surface area contributed by atoms with Crippen molar-refractivity contribution in [2.45, 2.75) is 39.2 Å². The number of nitrogens with zero attached hydrogens (tertiary/aromatic N) is 5. The third kappa shape index (κ3) is 3.19. The van der Waals surface area contributed by atoms with E-state index < -0.39 is 0 Å². The minimum absolute atomic E-state index is 0.0385. The summed E-state index contributed by atoms with van der Waals surface area (Å²) in [6.07, 6.45) is 4.82. The van der Waals surface area contributed by atoms with Gasteiger partial charge in [-0.05, 0) is 43.9 Å². The lowest BCUT2D eigenvalue weighted by molar-refractivity contribution is 0.0733. The van der Waals surface area contributed by atoms with E-state index in [9.17, 15) is 4.79 Å². The molecule has 0 N–H and O–H groups in total. The third-order valence-corrected chi connectivity index (χ3v) is 6.95. The quantitative estimate of drug-likeness (QED) is 0.483. The SMILES string of the molecule is CCc1ccc(-c2nc(C)c(C(=O)N3CCCC3c3nnc4ccccn34)s2)cc1. The Bertz CT molecular complexity index is 1210. The van der Waals surface area contributed by atoms with Gasteiger partial charge >= 0.3 is 0 Å². The Kier molecular flexibility index (Phi) is 4.83. The lowest BCUT2D eigenvalue weighted by Gasteiger charge is -2.23. The molecule has 30 heavy (non-hydrogen) atoms. The molecule has 3 aromatic heterocycles. The number of thiazole rings is 1. The number of benzene rings is 1. The first-order valence-corrected chi connectivity index (χ1v) is 11.1. The summed E-state index contributed by atoms with van der Waals surface area (Å²) in [6.45, 7) is 4.79. The van der Waals surface area contributed by atoms with Crippen molar-refractivity contribution in [2.24, 2.45) is 0 Å². The zero-order valence-corrected chi connectivity index (χ0v) is 17.9. The monoisotopic (exact) mass is 417 g/mol. The van der Waals surface area contributed by atoms with Crippen LogP contribution >= 0.6 is 11.3 Å². The maximum Gasteiger partial charge on any atom is 0.266 e. The smallest absolute Gasteiger partial charge is 0.266 e. The van der Waals surface area contributed by atoms with Crippen LogP contribution in [0.2, 0.25) is 0 Å². The molecule has 7 heteroatoms. The highest BCUT2D eigenvalue weighted by Crippen LogP contribution is 2.35. The van der Waals surface area contributed by atoms with Crippen LogP contribution in [0.15, 0.2) is 48.7 Å². The van der Waals surface area contributed by atoms with Gasteiger partial charge in [-0.2, -0.15) is 0 Å². The first kappa shape index (κ1) is 18.9. The number of aromatic nitrogens is 4. The number of hydrogen-bond acceptors (Lipinski definition) is 5. The van der Waals surface area contributed by atoms with Gasteiger partial charge in [-0.25, -0.2) is 4.98 Å². The second kappa shape index (κ2) is 7.65. The Morgan fingerprint density at radius 1 is 1.17 bits per heavy atom. The summed E-state index contributed by atoms with van der Waals surface area (Å²) in [6, 6.07) is 14.2. The molecular formula is C23H23N5OS. The Hall–Kier alpha value is -3.06. The molecule has 1 fully saturated rings. The van der Waals surface area contributed by atoms with Crippen LogP contribution in [0.3, 0.4) is 0 Å². The van der Waals surface area contributed by atoms with Crippen LogP contribution < -0.4 is 0 Å². The molecule has 1 saturated heterocycles. The number of amides is 1. The topological polar surface area (TPSA) is 63.4 Å². The molecule has 0 aliphatic carbocycles. The Balaban J connectivity index is 1.45. The van der Waals surface area contributed by atoms with Gasteiger partial charge in [0.25, 0.3) is 5.91 Å². The standard InChI is InChI=1S/C23H23N5OS/c1-3-16-9-11-17(12-10-16)22-24-15(2)20(30-22)23(29)27-14-6-7-18(27)21-26-25-19-8-4-5-13-28(19)21/h4-5,8-13,18H,3,6-7,14H2,1-2H3. The minimum atomic E-state index is -0.0660. The minimum Gasteiger partial charge on any atom is -0.328 e. The van der Waals surface area contributed by atoms with Gasteiger partial charge in [0.1, 0.15) is 9.88 Å². The van der Waals surface area contributed by atoms with E-state index in [2.05, 4.69) is 41.4 Å². The fourth-order valence-corrected chi connectivity index (χ4v) is 5.12. The fraction of sp³-hybridized carbons (Fsp3) is 0.304. The first-order valence-electron chi connectivity index (χ1n) is 10.3. The van der Waals surface area contributed by atoms with Crippen molar-refractivity contribution >= 4 is 22.9 Å². The Morgan fingerprint density at radius 3 is 2.80 bits per heavy atom. The molecule has 1 aliphatic heterocycles. The highest BCUT2D eigenvalue weighted by atomic mass is 32.1. The number of aryl methyl sites for hydroxylation is 2. The second-order valence-corrected chi connectivity index (χ2v) is 8.63. The molecule has 6 nitrogen and oxygen atoms in total. The van der Waals surface area contributed by atoms with Gasteiger partial charge in [0.2, 0.25) is 0 Å². The highest BCUT2D eigenvalue weighted by Gasteiger charge is 2.35. The van der Waals surface area contributed by atoms with Crippen molar-refractivity contribution in [1.82, 2.24) is 24.5 Å². The van der Waals surface area contributed by atoms with E-state index in [0.29, 0.717) is 4.88 Å². The van der Waals surface area contributed by atoms with Crippen molar-refractivity contribution in [3.05, 3.63) is 70.6 Å². The second-order valence-electron chi connectivity index (χ2n) is 7.63. The van der Waals surface area contributed by atoms with Gasteiger partial charge in [-0.15, -0.1) is 21.5 Å². The maximum atomic E-state index is 13.5. The summed E-state index contributed by atoms with van der Waals surface area (Å²) < 4.78 is 1.98. The van der Waals surface area contributed by atoms with Crippen LogP contribution in [-0.4, -0.2) is 36.9 Å². The molecule has 4 heterocycles. The van der Waals surface area contributed by atoms with E-state index in [-0.39, 0.29) is 11.9 Å². The van der Waals surface area contributed by atoms with Crippen LogP contribution in [0.25, 0.3) is 16.2 Å². The molecular weight excluding hydrogens is 394 g/mol. The van der Waals surface area contributed by atoms with Crippen molar-refractivity contribution in [3.63, 3.8) is 0 Å². The van der Waals surface area contributed by atoms with Gasteiger partial charge < -0.3 is 4.90 Å². The van der Waals surface area contributed by atoms with Crippen LogP contribution in [0.1, 0.15) is 52.6 Å².